The molecule has 292 valence electrons. The molecule has 4 heteroatoms. The molecule has 0 aliphatic rings. The minimum absolute atomic E-state index is 0.00650. The van der Waals surface area contributed by atoms with Crippen LogP contribution >= 0.6 is 0 Å². The van der Waals surface area contributed by atoms with Crippen molar-refractivity contribution in [2.45, 2.75) is 232 Å². The summed E-state index contributed by atoms with van der Waals surface area (Å²) in [5, 5.41) is 12.8. The number of rotatable bonds is 35. The number of hydrogen-bond donors (Lipinski definition) is 3. The summed E-state index contributed by atoms with van der Waals surface area (Å²) in [7, 11) is 0. The van der Waals surface area contributed by atoms with Gasteiger partial charge in [-0.1, -0.05) is 225 Å². The van der Waals surface area contributed by atoms with Crippen molar-refractivity contribution in [3.8, 4) is 5.75 Å². The summed E-state index contributed by atoms with van der Waals surface area (Å²) in [6.45, 7) is 4.57. The first-order valence-electron chi connectivity index (χ1n) is 22.4. The maximum atomic E-state index is 12.5. The Morgan fingerprint density at radius 3 is 1.20 bits per heavy atom. The number of phenols is 1. The Hall–Kier alpha value is -2.23. The van der Waals surface area contributed by atoms with E-state index in [4.69, 9.17) is 11.5 Å². The van der Waals surface area contributed by atoms with Gasteiger partial charge in [0.2, 0.25) is 0 Å². The van der Waals surface area contributed by atoms with Crippen LogP contribution in [0.4, 0.5) is 5.69 Å². The van der Waals surface area contributed by atoms with Crippen molar-refractivity contribution in [2.75, 3.05) is 5.73 Å². The van der Waals surface area contributed by atoms with Crippen LogP contribution in [0.25, 0.3) is 10.8 Å². The normalized spacial score (nSPS) is 11.6. The molecule has 1 amide bonds. The highest BCUT2D eigenvalue weighted by Gasteiger charge is 2.22. The van der Waals surface area contributed by atoms with Gasteiger partial charge in [-0.2, -0.15) is 0 Å². The largest absolute Gasteiger partial charge is 0.506 e. The third kappa shape index (κ3) is 19.4. The molecule has 0 saturated carbocycles. The molecular formula is C47H82N2O2. The highest BCUT2D eigenvalue weighted by Crippen LogP contribution is 2.40. The number of anilines is 1. The second-order valence-electron chi connectivity index (χ2n) is 15.9. The second-order valence-corrected chi connectivity index (χ2v) is 15.9. The SMILES string of the molecule is CCCCCCCCCCCCCCCCCCc1c(C(N)=O)c(O)c2cccc(CCCCCCCCCCCCCCCCCC)c2c1N. The fourth-order valence-electron chi connectivity index (χ4n) is 8.13. The summed E-state index contributed by atoms with van der Waals surface area (Å²) in [6.07, 6.45) is 44.5. The van der Waals surface area contributed by atoms with E-state index in [-0.39, 0.29) is 11.3 Å². The van der Waals surface area contributed by atoms with E-state index in [9.17, 15) is 9.90 Å². The number of primary amides is 1. The number of aryl methyl sites for hydroxylation is 1. The zero-order valence-corrected chi connectivity index (χ0v) is 33.8. The summed E-state index contributed by atoms with van der Waals surface area (Å²) in [6, 6.07) is 6.00. The number of unbranched alkanes of at least 4 members (excludes halogenated alkanes) is 30. The molecule has 0 saturated heterocycles. The molecule has 0 spiro atoms. The Morgan fingerprint density at radius 1 is 0.510 bits per heavy atom. The number of fused-ring (bicyclic) bond motifs is 1. The number of nitrogens with two attached hydrogens (primary N) is 2. The number of carbonyl (C=O) groups is 1. The lowest BCUT2D eigenvalue weighted by Gasteiger charge is -2.18. The molecule has 2 aromatic rings. The van der Waals surface area contributed by atoms with Crippen LogP contribution < -0.4 is 11.5 Å². The Morgan fingerprint density at radius 2 is 0.843 bits per heavy atom. The first kappa shape index (κ1) is 44.9. The third-order valence-corrected chi connectivity index (χ3v) is 11.4. The van der Waals surface area contributed by atoms with Crippen LogP contribution in [-0.2, 0) is 12.8 Å². The van der Waals surface area contributed by atoms with Gasteiger partial charge < -0.3 is 16.6 Å². The zero-order chi connectivity index (χ0) is 36.8. The molecule has 0 radical (unpaired) electrons. The summed E-state index contributed by atoms with van der Waals surface area (Å²) in [4.78, 5) is 12.5. The van der Waals surface area contributed by atoms with E-state index in [1.54, 1.807) is 0 Å². The highest BCUT2D eigenvalue weighted by atomic mass is 16.3. The number of aromatic hydroxyl groups is 1. The van der Waals surface area contributed by atoms with Gasteiger partial charge >= 0.3 is 0 Å². The molecule has 0 aromatic heterocycles. The van der Waals surface area contributed by atoms with Crippen LogP contribution in [0.15, 0.2) is 18.2 Å². The molecule has 5 N–H and O–H groups in total. The molecule has 2 rings (SSSR count). The fourth-order valence-corrected chi connectivity index (χ4v) is 8.13. The maximum absolute atomic E-state index is 12.5. The first-order chi connectivity index (χ1) is 25.0. The van der Waals surface area contributed by atoms with E-state index in [1.165, 1.54) is 192 Å². The monoisotopic (exact) mass is 707 g/mol. The van der Waals surface area contributed by atoms with Crippen LogP contribution in [0.3, 0.4) is 0 Å². The van der Waals surface area contributed by atoms with Crippen molar-refractivity contribution in [3.05, 3.63) is 34.9 Å². The minimum Gasteiger partial charge on any atom is -0.506 e. The van der Waals surface area contributed by atoms with E-state index in [0.29, 0.717) is 17.5 Å². The standard InChI is InChI=1S/C47H82N2O2/c1-3-5-7-9-11-13-15-17-19-21-23-25-27-29-31-33-36-40-37-35-39-42-43(40)45(48)41(44(46(42)50)47(49)51)38-34-32-30-28-26-24-22-20-18-16-14-12-10-8-6-4-2/h35,37,39,50H,3-34,36,38,48H2,1-2H3,(H2,49,51). The molecule has 2 aromatic carbocycles. The van der Waals surface area contributed by atoms with Gasteiger partial charge in [0.15, 0.2) is 0 Å². The predicted octanol–water partition coefficient (Wildman–Crippen LogP) is 14.8. The molecular weight excluding hydrogens is 625 g/mol. The average molecular weight is 707 g/mol. The number of carbonyl (C=O) groups excluding carboxylic acids is 1. The van der Waals surface area contributed by atoms with Gasteiger partial charge in [0.05, 0.1) is 5.56 Å². The first-order valence-corrected chi connectivity index (χ1v) is 22.4. The van der Waals surface area contributed by atoms with E-state index in [2.05, 4.69) is 19.9 Å². The van der Waals surface area contributed by atoms with Gasteiger partial charge in [-0.15, -0.1) is 0 Å². The van der Waals surface area contributed by atoms with Crippen LogP contribution in [0.5, 0.6) is 5.75 Å². The van der Waals surface area contributed by atoms with Gasteiger partial charge in [-0.25, -0.2) is 0 Å². The van der Waals surface area contributed by atoms with Crippen molar-refractivity contribution in [3.63, 3.8) is 0 Å². The Labute approximate surface area is 315 Å². The third-order valence-electron chi connectivity index (χ3n) is 11.4. The second kappa shape index (κ2) is 30.3. The molecule has 51 heavy (non-hydrogen) atoms. The molecule has 0 fully saturated rings. The van der Waals surface area contributed by atoms with E-state index in [0.717, 1.165) is 36.6 Å². The van der Waals surface area contributed by atoms with E-state index < -0.39 is 5.91 Å². The van der Waals surface area contributed by atoms with Crippen LogP contribution in [-0.4, -0.2) is 11.0 Å². The summed E-state index contributed by atoms with van der Waals surface area (Å²) >= 11 is 0. The zero-order valence-electron chi connectivity index (χ0n) is 33.8. The Kier molecular flexibility index (Phi) is 26.7. The van der Waals surface area contributed by atoms with Crippen molar-refractivity contribution in [1.29, 1.82) is 0 Å². The fraction of sp³-hybridized carbons (Fsp3) is 0.766. The summed E-state index contributed by atoms with van der Waals surface area (Å²) in [5.41, 5.74) is 15.4. The Bertz CT molecular complexity index is 1160. The van der Waals surface area contributed by atoms with Gasteiger partial charge in [-0.3, -0.25) is 4.79 Å². The molecule has 4 nitrogen and oxygen atoms in total. The van der Waals surface area contributed by atoms with E-state index >= 15 is 0 Å². The lowest BCUT2D eigenvalue weighted by molar-refractivity contribution is 0.0997. The number of hydrogen-bond acceptors (Lipinski definition) is 3. The molecule has 0 aliphatic heterocycles. The average Bonchev–Trinajstić information content (AvgIpc) is 3.12. The lowest BCUT2D eigenvalue weighted by Crippen LogP contribution is -2.16. The molecule has 0 aliphatic carbocycles. The van der Waals surface area contributed by atoms with Crippen LogP contribution in [0.1, 0.15) is 241 Å². The Balaban J connectivity index is 1.68. The molecule has 0 unspecified atom stereocenters. The van der Waals surface area contributed by atoms with Crippen LogP contribution in [0.2, 0.25) is 0 Å². The molecule has 0 heterocycles. The smallest absolute Gasteiger partial charge is 0.252 e. The van der Waals surface area contributed by atoms with Gasteiger partial charge in [-0.05, 0) is 36.8 Å². The quantitative estimate of drug-likeness (QED) is 0.0379. The number of amides is 1. The van der Waals surface area contributed by atoms with Gasteiger partial charge in [0, 0.05) is 16.5 Å². The van der Waals surface area contributed by atoms with Crippen molar-refractivity contribution < 1.29 is 9.90 Å². The van der Waals surface area contributed by atoms with Crippen LogP contribution in [0, 0.1) is 0 Å². The minimum atomic E-state index is -0.587. The van der Waals surface area contributed by atoms with Crippen molar-refractivity contribution in [2.24, 2.45) is 5.73 Å². The molecule has 0 bridgehead atoms. The summed E-state index contributed by atoms with van der Waals surface area (Å²) < 4.78 is 0. The lowest BCUT2D eigenvalue weighted by atomic mass is 9.89. The summed E-state index contributed by atoms with van der Waals surface area (Å²) in [5.74, 6) is -0.581. The van der Waals surface area contributed by atoms with Gasteiger partial charge in [0.1, 0.15) is 5.75 Å². The topological polar surface area (TPSA) is 89.3 Å². The number of benzene rings is 2. The molecule has 0 atom stereocenters. The maximum Gasteiger partial charge on any atom is 0.252 e. The number of nitrogen functional groups attached to an aromatic ring is 1. The van der Waals surface area contributed by atoms with E-state index in [1.807, 2.05) is 12.1 Å². The highest BCUT2D eigenvalue weighted by molar-refractivity contribution is 6.10. The predicted molar refractivity (Wildman–Crippen MR) is 225 cm³/mol. The van der Waals surface area contributed by atoms with Crippen molar-refractivity contribution >= 4 is 22.4 Å². The van der Waals surface area contributed by atoms with Crippen molar-refractivity contribution in [1.82, 2.24) is 0 Å². The van der Waals surface area contributed by atoms with Gasteiger partial charge in [0.25, 0.3) is 5.91 Å².